The van der Waals surface area contributed by atoms with Crippen molar-refractivity contribution in [3.8, 4) is 0 Å². The van der Waals surface area contributed by atoms with E-state index in [4.69, 9.17) is 10.8 Å². The van der Waals surface area contributed by atoms with Gasteiger partial charge in [-0.05, 0) is 17.7 Å². The second-order valence-corrected chi connectivity index (χ2v) is 3.84. The lowest BCUT2D eigenvalue weighted by Crippen LogP contribution is -2.32. The summed E-state index contributed by atoms with van der Waals surface area (Å²) in [4.78, 5) is 10.5. The molecule has 17 heavy (non-hydrogen) atoms. The van der Waals surface area contributed by atoms with E-state index in [0.717, 1.165) is 18.2 Å². The Hall–Kier alpha value is -1.56. The number of benzene rings is 1. The van der Waals surface area contributed by atoms with Crippen LogP contribution >= 0.6 is 0 Å². The molecule has 3 nitrogen and oxygen atoms in total. The lowest BCUT2D eigenvalue weighted by atomic mass is 10.0. The standard InChI is InChI=1S/C11H12F3NO2/c1-11(13,14)7-2-3-8(12)6(4-7)5-9(15)10(16)17/h2-4,9H,5,15H2,1H3,(H,16,17). The minimum Gasteiger partial charge on any atom is -0.480 e. The fourth-order valence-electron chi connectivity index (χ4n) is 1.33. The lowest BCUT2D eigenvalue weighted by Gasteiger charge is -2.13. The van der Waals surface area contributed by atoms with Crippen LogP contribution in [0.15, 0.2) is 18.2 Å². The van der Waals surface area contributed by atoms with Gasteiger partial charge in [0, 0.05) is 18.9 Å². The van der Waals surface area contributed by atoms with E-state index in [0.29, 0.717) is 6.92 Å². The van der Waals surface area contributed by atoms with Crippen LogP contribution in [0.3, 0.4) is 0 Å². The van der Waals surface area contributed by atoms with Crippen LogP contribution in [0.5, 0.6) is 0 Å². The zero-order chi connectivity index (χ0) is 13.2. The van der Waals surface area contributed by atoms with E-state index in [9.17, 15) is 18.0 Å². The molecule has 0 saturated heterocycles. The van der Waals surface area contributed by atoms with Gasteiger partial charge >= 0.3 is 5.97 Å². The molecular formula is C11H12F3NO2. The Morgan fingerprint density at radius 1 is 1.53 bits per heavy atom. The van der Waals surface area contributed by atoms with Crippen LogP contribution in [0.1, 0.15) is 18.1 Å². The van der Waals surface area contributed by atoms with E-state index in [1.807, 2.05) is 0 Å². The average Bonchev–Trinajstić information content (AvgIpc) is 2.19. The van der Waals surface area contributed by atoms with Crippen LogP contribution < -0.4 is 5.73 Å². The molecule has 0 radical (unpaired) electrons. The number of rotatable bonds is 4. The quantitative estimate of drug-likeness (QED) is 0.854. The van der Waals surface area contributed by atoms with Crippen LogP contribution in [0, 0.1) is 5.82 Å². The van der Waals surface area contributed by atoms with Gasteiger partial charge in [-0.15, -0.1) is 0 Å². The Labute approximate surface area is 96.0 Å². The minimum absolute atomic E-state index is 0.126. The predicted octanol–water partition coefficient (Wildman–Crippen LogP) is 1.89. The molecule has 0 aliphatic rings. The predicted molar refractivity (Wildman–Crippen MR) is 55.3 cm³/mol. The molecule has 1 aromatic carbocycles. The second kappa shape index (κ2) is 4.75. The molecule has 6 heteroatoms. The fraction of sp³-hybridized carbons (Fsp3) is 0.364. The van der Waals surface area contributed by atoms with Gasteiger partial charge in [0.15, 0.2) is 0 Å². The molecule has 0 spiro atoms. The first-order chi connectivity index (χ1) is 7.71. The van der Waals surface area contributed by atoms with Crippen molar-refractivity contribution in [2.75, 3.05) is 0 Å². The summed E-state index contributed by atoms with van der Waals surface area (Å²) < 4.78 is 39.3. The molecule has 1 atom stereocenters. The van der Waals surface area contributed by atoms with Crippen molar-refractivity contribution in [2.45, 2.75) is 25.3 Å². The maximum absolute atomic E-state index is 13.3. The smallest absolute Gasteiger partial charge is 0.320 e. The van der Waals surface area contributed by atoms with Gasteiger partial charge in [-0.25, -0.2) is 13.2 Å². The molecule has 0 amide bonds. The van der Waals surface area contributed by atoms with Gasteiger partial charge in [-0.3, -0.25) is 4.79 Å². The zero-order valence-corrected chi connectivity index (χ0v) is 9.08. The van der Waals surface area contributed by atoms with Crippen LogP contribution in [0.25, 0.3) is 0 Å². The van der Waals surface area contributed by atoms with Crippen molar-refractivity contribution < 1.29 is 23.1 Å². The number of nitrogens with two attached hydrogens (primary N) is 1. The number of carboxylic acid groups (broad SMARTS) is 1. The summed E-state index contributed by atoms with van der Waals surface area (Å²) in [6.45, 7) is 0.682. The third-order valence-electron chi connectivity index (χ3n) is 2.31. The molecule has 0 bridgehead atoms. The average molecular weight is 247 g/mol. The highest BCUT2D eigenvalue weighted by molar-refractivity contribution is 5.73. The number of carboxylic acids is 1. The van der Waals surface area contributed by atoms with Crippen molar-refractivity contribution in [3.05, 3.63) is 35.1 Å². The number of carbonyl (C=O) groups is 1. The normalized spacial score (nSPS) is 13.5. The summed E-state index contributed by atoms with van der Waals surface area (Å²) in [6.07, 6.45) is -0.328. The van der Waals surface area contributed by atoms with Gasteiger partial charge in [0.2, 0.25) is 0 Å². The summed E-state index contributed by atoms with van der Waals surface area (Å²) in [6, 6.07) is 1.48. The SMILES string of the molecule is CC(F)(F)c1ccc(F)c(CC(N)C(=O)O)c1. The topological polar surface area (TPSA) is 63.3 Å². The molecule has 94 valence electrons. The number of halogens is 3. The van der Waals surface area contributed by atoms with E-state index in [2.05, 4.69) is 0 Å². The first-order valence-electron chi connectivity index (χ1n) is 4.87. The molecule has 1 unspecified atom stereocenters. The van der Waals surface area contributed by atoms with Gasteiger partial charge in [-0.1, -0.05) is 6.07 Å². The Kier molecular flexibility index (Phi) is 3.77. The highest BCUT2D eigenvalue weighted by Crippen LogP contribution is 2.28. The van der Waals surface area contributed by atoms with E-state index in [1.165, 1.54) is 0 Å². The van der Waals surface area contributed by atoms with Gasteiger partial charge < -0.3 is 10.8 Å². The molecule has 0 aromatic heterocycles. The van der Waals surface area contributed by atoms with Crippen molar-refractivity contribution in [1.82, 2.24) is 0 Å². The lowest BCUT2D eigenvalue weighted by molar-refractivity contribution is -0.138. The minimum atomic E-state index is -3.10. The molecule has 1 rings (SSSR count). The fourth-order valence-corrected chi connectivity index (χ4v) is 1.33. The van der Waals surface area contributed by atoms with Crippen molar-refractivity contribution >= 4 is 5.97 Å². The zero-order valence-electron chi connectivity index (χ0n) is 9.08. The van der Waals surface area contributed by atoms with Crippen LogP contribution in [0.4, 0.5) is 13.2 Å². The second-order valence-electron chi connectivity index (χ2n) is 3.84. The number of hydrogen-bond acceptors (Lipinski definition) is 2. The Morgan fingerprint density at radius 2 is 2.12 bits per heavy atom. The van der Waals surface area contributed by atoms with Crippen molar-refractivity contribution in [2.24, 2.45) is 5.73 Å². The Morgan fingerprint density at radius 3 is 2.59 bits per heavy atom. The first-order valence-corrected chi connectivity index (χ1v) is 4.87. The summed E-state index contributed by atoms with van der Waals surface area (Å²) in [5, 5.41) is 8.57. The molecule has 1 aromatic rings. The molecule has 0 aliphatic carbocycles. The molecule has 0 heterocycles. The maximum atomic E-state index is 13.3. The number of alkyl halides is 2. The maximum Gasteiger partial charge on any atom is 0.320 e. The molecule has 3 N–H and O–H groups in total. The number of hydrogen-bond donors (Lipinski definition) is 2. The molecule has 0 fully saturated rings. The van der Waals surface area contributed by atoms with Crippen LogP contribution in [0.2, 0.25) is 0 Å². The molecular weight excluding hydrogens is 235 g/mol. The highest BCUT2D eigenvalue weighted by Gasteiger charge is 2.26. The Balaban J connectivity index is 3.03. The van der Waals surface area contributed by atoms with Gasteiger partial charge in [0.25, 0.3) is 5.92 Å². The van der Waals surface area contributed by atoms with Gasteiger partial charge in [0.1, 0.15) is 11.9 Å². The van der Waals surface area contributed by atoms with Crippen LogP contribution in [-0.4, -0.2) is 17.1 Å². The van der Waals surface area contributed by atoms with E-state index in [1.54, 1.807) is 0 Å². The van der Waals surface area contributed by atoms with Crippen LogP contribution in [-0.2, 0) is 17.1 Å². The van der Waals surface area contributed by atoms with Gasteiger partial charge in [-0.2, -0.15) is 0 Å². The first kappa shape index (κ1) is 13.5. The summed E-state index contributed by atoms with van der Waals surface area (Å²) in [5.74, 6) is -5.15. The van der Waals surface area contributed by atoms with Gasteiger partial charge in [0.05, 0.1) is 0 Å². The largest absolute Gasteiger partial charge is 0.480 e. The van der Waals surface area contributed by atoms with Crippen molar-refractivity contribution in [1.29, 1.82) is 0 Å². The molecule has 0 aliphatic heterocycles. The third kappa shape index (κ3) is 3.45. The summed E-state index contributed by atoms with van der Waals surface area (Å²) in [5.41, 5.74) is 4.73. The molecule has 0 saturated carbocycles. The van der Waals surface area contributed by atoms with E-state index >= 15 is 0 Å². The number of aliphatic carboxylic acids is 1. The van der Waals surface area contributed by atoms with Crippen molar-refractivity contribution in [3.63, 3.8) is 0 Å². The summed E-state index contributed by atoms with van der Waals surface area (Å²) >= 11 is 0. The third-order valence-corrected chi connectivity index (χ3v) is 2.31. The Bertz CT molecular complexity index is 429. The highest BCUT2D eigenvalue weighted by atomic mass is 19.3. The van der Waals surface area contributed by atoms with E-state index < -0.39 is 23.8 Å². The monoisotopic (exact) mass is 247 g/mol. The van der Waals surface area contributed by atoms with E-state index in [-0.39, 0.29) is 17.5 Å². The summed E-state index contributed by atoms with van der Waals surface area (Å²) in [7, 11) is 0.